The Bertz CT molecular complexity index is 1150. The van der Waals surface area contributed by atoms with Gasteiger partial charge in [-0.3, -0.25) is 9.69 Å². The lowest BCUT2D eigenvalue weighted by molar-refractivity contribution is -0.0680. The Balaban J connectivity index is 1.36. The van der Waals surface area contributed by atoms with E-state index in [0.29, 0.717) is 24.9 Å². The third-order valence-electron chi connectivity index (χ3n) is 7.10. The third-order valence-corrected chi connectivity index (χ3v) is 7.10. The van der Waals surface area contributed by atoms with E-state index in [2.05, 4.69) is 47.0 Å². The van der Waals surface area contributed by atoms with E-state index < -0.39 is 5.60 Å². The molecule has 0 amide bonds. The van der Waals surface area contributed by atoms with Crippen molar-refractivity contribution in [3.63, 3.8) is 0 Å². The summed E-state index contributed by atoms with van der Waals surface area (Å²) in [5.74, 6) is 0. The number of aliphatic hydroxyl groups is 1. The maximum atomic E-state index is 12.2. The summed E-state index contributed by atoms with van der Waals surface area (Å²) < 4.78 is 1.44. The summed E-state index contributed by atoms with van der Waals surface area (Å²) in [5.41, 5.74) is 4.84. The standard InChI is InChI=1S/C24H30N4O2/c1-15-4-8-21-20(10-15)17(3)22(25-21)13-27-18-6-7-19(27)12-24(30,11-18)14-28-23(29)9-5-16(2)26-28/h4-5,8-10,18-19,25,30H,6-7,11-14H2,1-3H3/t18-,19+,24?. The molecule has 0 spiro atoms. The first-order chi connectivity index (χ1) is 14.3. The van der Waals surface area contributed by atoms with Gasteiger partial charge in [0.1, 0.15) is 0 Å². The van der Waals surface area contributed by atoms with Crippen LogP contribution in [0.1, 0.15) is 48.2 Å². The molecule has 5 rings (SSSR count). The first-order valence-corrected chi connectivity index (χ1v) is 10.9. The smallest absolute Gasteiger partial charge is 0.266 e. The van der Waals surface area contributed by atoms with Gasteiger partial charge in [-0.05, 0) is 70.2 Å². The molecule has 2 aliphatic rings. The van der Waals surface area contributed by atoms with Crippen molar-refractivity contribution in [2.75, 3.05) is 0 Å². The second-order valence-electron chi connectivity index (χ2n) is 9.44. The predicted octanol–water partition coefficient (Wildman–Crippen LogP) is 3.21. The Labute approximate surface area is 176 Å². The van der Waals surface area contributed by atoms with Gasteiger partial charge in [-0.25, -0.2) is 4.68 Å². The molecule has 2 saturated heterocycles. The van der Waals surface area contributed by atoms with Gasteiger partial charge in [-0.2, -0.15) is 5.10 Å². The lowest BCUT2D eigenvalue weighted by atomic mass is 9.85. The molecule has 30 heavy (non-hydrogen) atoms. The van der Waals surface area contributed by atoms with Crippen molar-refractivity contribution < 1.29 is 5.11 Å². The van der Waals surface area contributed by atoms with Crippen LogP contribution in [0.15, 0.2) is 35.1 Å². The van der Waals surface area contributed by atoms with E-state index in [4.69, 9.17) is 0 Å². The monoisotopic (exact) mass is 406 g/mol. The Morgan fingerprint density at radius 3 is 2.60 bits per heavy atom. The number of nitrogens with one attached hydrogen (secondary N) is 1. The molecular formula is C24H30N4O2. The molecule has 0 saturated carbocycles. The van der Waals surface area contributed by atoms with Crippen LogP contribution in [0.2, 0.25) is 0 Å². The lowest BCUT2D eigenvalue weighted by Gasteiger charge is -2.43. The molecule has 2 aliphatic heterocycles. The quantitative estimate of drug-likeness (QED) is 0.698. The minimum absolute atomic E-state index is 0.146. The van der Waals surface area contributed by atoms with Gasteiger partial charge in [0.15, 0.2) is 0 Å². The second kappa shape index (κ2) is 7.06. The lowest BCUT2D eigenvalue weighted by Crippen LogP contribution is -2.53. The number of rotatable bonds is 4. The molecule has 158 valence electrons. The summed E-state index contributed by atoms with van der Waals surface area (Å²) in [4.78, 5) is 18.4. The van der Waals surface area contributed by atoms with Crippen LogP contribution in [0.3, 0.4) is 0 Å². The van der Waals surface area contributed by atoms with Gasteiger partial charge in [0.25, 0.3) is 5.56 Å². The van der Waals surface area contributed by atoms with E-state index in [0.717, 1.165) is 25.1 Å². The van der Waals surface area contributed by atoms with E-state index in [1.165, 1.54) is 38.5 Å². The van der Waals surface area contributed by atoms with Crippen molar-refractivity contribution in [2.45, 2.75) is 77.2 Å². The number of piperidine rings is 1. The van der Waals surface area contributed by atoms with Crippen molar-refractivity contribution >= 4 is 10.9 Å². The zero-order valence-corrected chi connectivity index (χ0v) is 18.0. The van der Waals surface area contributed by atoms with Crippen molar-refractivity contribution in [1.82, 2.24) is 19.7 Å². The summed E-state index contributed by atoms with van der Waals surface area (Å²) in [6.45, 7) is 7.36. The van der Waals surface area contributed by atoms with Crippen LogP contribution < -0.4 is 5.56 Å². The van der Waals surface area contributed by atoms with E-state index in [-0.39, 0.29) is 12.1 Å². The Morgan fingerprint density at radius 1 is 1.13 bits per heavy atom. The SMILES string of the molecule is Cc1ccc2[nH]c(CN3[C@@H]4CC[C@H]3CC(O)(Cn3nc(C)ccc3=O)C4)c(C)c2c1. The van der Waals surface area contributed by atoms with Crippen LogP contribution in [-0.4, -0.2) is 42.5 Å². The average molecular weight is 407 g/mol. The van der Waals surface area contributed by atoms with E-state index in [1.54, 1.807) is 6.07 Å². The summed E-state index contributed by atoms with van der Waals surface area (Å²) >= 11 is 0. The number of hydrogen-bond acceptors (Lipinski definition) is 4. The Morgan fingerprint density at radius 2 is 1.87 bits per heavy atom. The highest BCUT2D eigenvalue weighted by Gasteiger charge is 2.48. The molecule has 2 fully saturated rings. The Hall–Kier alpha value is -2.44. The zero-order valence-electron chi connectivity index (χ0n) is 18.0. The fraction of sp³-hybridized carbons (Fsp3) is 0.500. The molecule has 6 heteroatoms. The fourth-order valence-corrected chi connectivity index (χ4v) is 5.58. The van der Waals surface area contributed by atoms with Crippen molar-refractivity contribution in [1.29, 1.82) is 0 Å². The number of fused-ring (bicyclic) bond motifs is 3. The highest BCUT2D eigenvalue weighted by molar-refractivity contribution is 5.85. The number of benzene rings is 1. The van der Waals surface area contributed by atoms with Crippen molar-refractivity contribution in [3.8, 4) is 0 Å². The molecule has 0 radical (unpaired) electrons. The number of nitrogens with zero attached hydrogens (tertiary/aromatic N) is 3. The van der Waals surface area contributed by atoms with Crippen LogP contribution in [-0.2, 0) is 13.1 Å². The highest BCUT2D eigenvalue weighted by Crippen LogP contribution is 2.42. The number of hydrogen-bond donors (Lipinski definition) is 2. The first-order valence-electron chi connectivity index (χ1n) is 10.9. The fourth-order valence-electron chi connectivity index (χ4n) is 5.58. The van der Waals surface area contributed by atoms with Gasteiger partial charge in [0, 0.05) is 41.3 Å². The van der Waals surface area contributed by atoms with Gasteiger partial charge in [0.05, 0.1) is 17.8 Å². The molecule has 4 heterocycles. The largest absolute Gasteiger partial charge is 0.388 e. The topological polar surface area (TPSA) is 74.2 Å². The first kappa shape index (κ1) is 19.5. The molecule has 1 unspecified atom stereocenters. The summed E-state index contributed by atoms with van der Waals surface area (Å²) in [7, 11) is 0. The van der Waals surface area contributed by atoms with Gasteiger partial charge in [-0.15, -0.1) is 0 Å². The molecule has 2 bridgehead atoms. The Kier molecular flexibility index (Phi) is 4.60. The molecular weight excluding hydrogens is 376 g/mol. The van der Waals surface area contributed by atoms with Crippen LogP contribution >= 0.6 is 0 Å². The van der Waals surface area contributed by atoms with Gasteiger partial charge >= 0.3 is 0 Å². The molecule has 3 atom stereocenters. The maximum absolute atomic E-state index is 12.2. The second-order valence-corrected chi connectivity index (χ2v) is 9.44. The summed E-state index contributed by atoms with van der Waals surface area (Å²) in [6.07, 6.45) is 3.57. The number of H-pyrrole nitrogens is 1. The van der Waals surface area contributed by atoms with Gasteiger partial charge in [0.2, 0.25) is 0 Å². The molecule has 2 aromatic heterocycles. The summed E-state index contributed by atoms with van der Waals surface area (Å²) in [5, 5.41) is 17.0. The van der Waals surface area contributed by atoms with E-state index in [1.807, 2.05) is 6.92 Å². The van der Waals surface area contributed by atoms with Crippen LogP contribution in [0.25, 0.3) is 10.9 Å². The zero-order chi connectivity index (χ0) is 21.0. The third kappa shape index (κ3) is 3.38. The summed E-state index contributed by atoms with van der Waals surface area (Å²) in [6, 6.07) is 10.5. The van der Waals surface area contributed by atoms with E-state index in [9.17, 15) is 9.90 Å². The molecule has 2 N–H and O–H groups in total. The maximum Gasteiger partial charge on any atom is 0.266 e. The number of aryl methyl sites for hydroxylation is 3. The number of aromatic amines is 1. The number of aromatic nitrogens is 3. The minimum atomic E-state index is -0.875. The van der Waals surface area contributed by atoms with Gasteiger partial charge < -0.3 is 10.1 Å². The molecule has 6 nitrogen and oxygen atoms in total. The van der Waals surface area contributed by atoms with Crippen molar-refractivity contribution in [2.24, 2.45) is 0 Å². The minimum Gasteiger partial charge on any atom is -0.388 e. The van der Waals surface area contributed by atoms with Crippen LogP contribution in [0.4, 0.5) is 0 Å². The van der Waals surface area contributed by atoms with E-state index >= 15 is 0 Å². The normalized spacial score (nSPS) is 26.5. The van der Waals surface area contributed by atoms with Crippen LogP contribution in [0.5, 0.6) is 0 Å². The average Bonchev–Trinajstić information content (AvgIpc) is 3.13. The van der Waals surface area contributed by atoms with Crippen LogP contribution in [0, 0.1) is 20.8 Å². The molecule has 3 aromatic rings. The van der Waals surface area contributed by atoms with Crippen molar-refractivity contribution in [3.05, 3.63) is 63.2 Å². The molecule has 0 aliphatic carbocycles. The highest BCUT2D eigenvalue weighted by atomic mass is 16.3. The molecule has 1 aromatic carbocycles. The predicted molar refractivity (Wildman–Crippen MR) is 118 cm³/mol. The van der Waals surface area contributed by atoms with Gasteiger partial charge in [-0.1, -0.05) is 11.6 Å².